The number of hydrogen-bond donors (Lipinski definition) is 2. The second kappa shape index (κ2) is 7.97. The Morgan fingerprint density at radius 2 is 1.95 bits per heavy atom. The summed E-state index contributed by atoms with van der Waals surface area (Å²) in [5, 5.41) is 18.4. The van der Waals surface area contributed by atoms with Crippen LogP contribution in [0.5, 0.6) is 0 Å². The molecule has 0 amide bonds. The van der Waals surface area contributed by atoms with Crippen LogP contribution in [0.25, 0.3) is 0 Å². The zero-order valence-corrected chi connectivity index (χ0v) is 11.9. The van der Waals surface area contributed by atoms with Gasteiger partial charge in [0, 0.05) is 19.1 Å². The van der Waals surface area contributed by atoms with E-state index in [9.17, 15) is 14.3 Å². The number of aliphatic hydroxyl groups is 1. The van der Waals surface area contributed by atoms with Gasteiger partial charge in [-0.3, -0.25) is 9.69 Å². The molecule has 0 heterocycles. The monoisotopic (exact) mass is 283 g/mol. The molecule has 2 atom stereocenters. The van der Waals surface area contributed by atoms with Crippen LogP contribution in [-0.4, -0.2) is 40.3 Å². The van der Waals surface area contributed by atoms with Crippen molar-refractivity contribution in [3.05, 3.63) is 35.6 Å². The Balaban J connectivity index is 2.81. The lowest BCUT2D eigenvalue weighted by Gasteiger charge is -2.31. The summed E-state index contributed by atoms with van der Waals surface area (Å²) in [4.78, 5) is 12.9. The molecule has 0 aromatic heterocycles. The molecule has 20 heavy (non-hydrogen) atoms. The fourth-order valence-corrected chi connectivity index (χ4v) is 2.10. The van der Waals surface area contributed by atoms with Gasteiger partial charge in [-0.25, -0.2) is 4.39 Å². The van der Waals surface area contributed by atoms with E-state index < -0.39 is 11.9 Å². The van der Waals surface area contributed by atoms with Crippen molar-refractivity contribution < 1.29 is 19.4 Å². The van der Waals surface area contributed by atoms with Crippen LogP contribution < -0.4 is 0 Å². The second-order valence-electron chi connectivity index (χ2n) is 5.04. The summed E-state index contributed by atoms with van der Waals surface area (Å²) < 4.78 is 12.9. The van der Waals surface area contributed by atoms with Crippen LogP contribution >= 0.6 is 0 Å². The van der Waals surface area contributed by atoms with Crippen LogP contribution in [0.1, 0.15) is 25.8 Å². The van der Waals surface area contributed by atoms with Crippen LogP contribution in [0, 0.1) is 11.7 Å². The van der Waals surface area contributed by atoms with Gasteiger partial charge < -0.3 is 10.2 Å². The molecule has 1 aromatic rings. The quantitative estimate of drug-likeness (QED) is 0.767. The molecule has 1 rings (SSSR count). The standard InChI is InChI=1S/C15H22FNO3/c1-3-14(10-18)17(8-11(2)15(19)20)9-12-4-6-13(16)7-5-12/h4-7,11,14,18H,3,8-10H2,1-2H3,(H,19,20). The number of benzene rings is 1. The van der Waals surface area contributed by atoms with Gasteiger partial charge >= 0.3 is 5.97 Å². The average Bonchev–Trinajstić information content (AvgIpc) is 2.42. The molecule has 1 aromatic carbocycles. The molecule has 2 N–H and O–H groups in total. The molecule has 0 saturated carbocycles. The first-order valence-corrected chi connectivity index (χ1v) is 6.80. The van der Waals surface area contributed by atoms with E-state index >= 15 is 0 Å². The Bertz CT molecular complexity index is 418. The lowest BCUT2D eigenvalue weighted by Crippen LogP contribution is -2.41. The van der Waals surface area contributed by atoms with Crippen molar-refractivity contribution >= 4 is 5.97 Å². The summed E-state index contributed by atoms with van der Waals surface area (Å²) in [6.45, 7) is 4.42. The van der Waals surface area contributed by atoms with E-state index in [4.69, 9.17) is 5.11 Å². The van der Waals surface area contributed by atoms with Crippen molar-refractivity contribution in [2.45, 2.75) is 32.9 Å². The number of carboxylic acids is 1. The molecule has 0 radical (unpaired) electrons. The summed E-state index contributed by atoms with van der Waals surface area (Å²) >= 11 is 0. The maximum Gasteiger partial charge on any atom is 0.307 e. The van der Waals surface area contributed by atoms with Crippen molar-refractivity contribution in [1.29, 1.82) is 0 Å². The average molecular weight is 283 g/mol. The molecule has 0 fully saturated rings. The van der Waals surface area contributed by atoms with Crippen molar-refractivity contribution in [3.63, 3.8) is 0 Å². The minimum Gasteiger partial charge on any atom is -0.481 e. The molecule has 0 aliphatic rings. The van der Waals surface area contributed by atoms with Gasteiger partial charge in [-0.05, 0) is 24.1 Å². The second-order valence-corrected chi connectivity index (χ2v) is 5.04. The fourth-order valence-electron chi connectivity index (χ4n) is 2.10. The highest BCUT2D eigenvalue weighted by molar-refractivity contribution is 5.69. The van der Waals surface area contributed by atoms with Gasteiger partial charge in [0.15, 0.2) is 0 Å². The van der Waals surface area contributed by atoms with Crippen LogP contribution in [0.2, 0.25) is 0 Å². The van der Waals surface area contributed by atoms with E-state index in [1.165, 1.54) is 12.1 Å². The lowest BCUT2D eigenvalue weighted by molar-refractivity contribution is -0.142. The maximum atomic E-state index is 12.9. The molecule has 0 bridgehead atoms. The fraction of sp³-hybridized carbons (Fsp3) is 0.533. The van der Waals surface area contributed by atoms with E-state index in [1.54, 1.807) is 19.1 Å². The van der Waals surface area contributed by atoms with Gasteiger partial charge in [-0.2, -0.15) is 0 Å². The molecular formula is C15H22FNO3. The van der Waals surface area contributed by atoms with E-state index in [0.29, 0.717) is 13.1 Å². The number of halogens is 1. The Kier molecular flexibility index (Phi) is 6.61. The van der Waals surface area contributed by atoms with Gasteiger partial charge in [0.05, 0.1) is 12.5 Å². The normalized spacial score (nSPS) is 14.2. The van der Waals surface area contributed by atoms with Crippen molar-refractivity contribution in [2.75, 3.05) is 13.2 Å². The molecule has 2 unspecified atom stereocenters. The summed E-state index contributed by atoms with van der Waals surface area (Å²) in [5.74, 6) is -1.67. The Morgan fingerprint density at radius 3 is 2.40 bits per heavy atom. The van der Waals surface area contributed by atoms with E-state index in [0.717, 1.165) is 12.0 Å². The number of aliphatic carboxylic acids is 1. The topological polar surface area (TPSA) is 60.8 Å². The summed E-state index contributed by atoms with van der Waals surface area (Å²) in [6.07, 6.45) is 0.726. The minimum atomic E-state index is -0.859. The first-order valence-electron chi connectivity index (χ1n) is 6.80. The predicted molar refractivity (Wildman–Crippen MR) is 74.8 cm³/mol. The Labute approximate surface area is 118 Å². The highest BCUT2D eigenvalue weighted by Crippen LogP contribution is 2.14. The van der Waals surface area contributed by atoms with Gasteiger partial charge in [-0.15, -0.1) is 0 Å². The van der Waals surface area contributed by atoms with Crippen LogP contribution in [0.15, 0.2) is 24.3 Å². The van der Waals surface area contributed by atoms with Gasteiger partial charge in [0.1, 0.15) is 5.82 Å². The van der Waals surface area contributed by atoms with Crippen LogP contribution in [0.3, 0.4) is 0 Å². The highest BCUT2D eigenvalue weighted by atomic mass is 19.1. The molecule has 0 aliphatic carbocycles. The zero-order chi connectivity index (χ0) is 15.1. The molecule has 5 heteroatoms. The van der Waals surface area contributed by atoms with Crippen molar-refractivity contribution in [2.24, 2.45) is 5.92 Å². The Morgan fingerprint density at radius 1 is 1.35 bits per heavy atom. The molecule has 4 nitrogen and oxygen atoms in total. The van der Waals surface area contributed by atoms with E-state index in [2.05, 4.69) is 0 Å². The SMILES string of the molecule is CCC(CO)N(Cc1ccc(F)cc1)CC(C)C(=O)O. The predicted octanol–water partition coefficient (Wildman–Crippen LogP) is 2.12. The molecular weight excluding hydrogens is 261 g/mol. The summed E-state index contributed by atoms with van der Waals surface area (Å²) in [6, 6.07) is 6.03. The number of carboxylic acid groups (broad SMARTS) is 1. The third-order valence-electron chi connectivity index (χ3n) is 3.43. The number of carbonyl (C=O) groups is 1. The van der Waals surface area contributed by atoms with Gasteiger partial charge in [0.25, 0.3) is 0 Å². The highest BCUT2D eigenvalue weighted by Gasteiger charge is 2.22. The first-order chi connectivity index (χ1) is 9.47. The molecule has 0 aliphatic heterocycles. The van der Waals surface area contributed by atoms with Gasteiger partial charge in [0.2, 0.25) is 0 Å². The number of nitrogens with zero attached hydrogens (tertiary/aromatic N) is 1. The maximum absolute atomic E-state index is 12.9. The number of hydrogen-bond acceptors (Lipinski definition) is 3. The number of aliphatic hydroxyl groups excluding tert-OH is 1. The lowest BCUT2D eigenvalue weighted by atomic mass is 10.1. The molecule has 112 valence electrons. The summed E-state index contributed by atoms with van der Waals surface area (Å²) in [7, 11) is 0. The Hall–Kier alpha value is -1.46. The van der Waals surface area contributed by atoms with E-state index in [1.807, 2.05) is 11.8 Å². The third-order valence-corrected chi connectivity index (χ3v) is 3.43. The smallest absolute Gasteiger partial charge is 0.307 e. The van der Waals surface area contributed by atoms with Crippen molar-refractivity contribution in [1.82, 2.24) is 4.90 Å². The molecule has 0 spiro atoms. The third kappa shape index (κ3) is 4.90. The summed E-state index contributed by atoms with van der Waals surface area (Å²) in [5.41, 5.74) is 0.899. The van der Waals surface area contributed by atoms with Crippen LogP contribution in [0.4, 0.5) is 4.39 Å². The molecule has 0 saturated heterocycles. The van der Waals surface area contributed by atoms with Crippen LogP contribution in [-0.2, 0) is 11.3 Å². The first kappa shape index (κ1) is 16.6. The van der Waals surface area contributed by atoms with Crippen molar-refractivity contribution in [3.8, 4) is 0 Å². The van der Waals surface area contributed by atoms with E-state index in [-0.39, 0.29) is 18.5 Å². The largest absolute Gasteiger partial charge is 0.481 e. The zero-order valence-electron chi connectivity index (χ0n) is 11.9. The number of rotatable bonds is 8. The minimum absolute atomic E-state index is 0.0238. The van der Waals surface area contributed by atoms with Gasteiger partial charge in [-0.1, -0.05) is 26.0 Å².